The Hall–Kier alpha value is -1.62. The number of likely N-dealkylation sites (N-methyl/N-ethyl adjacent to an activating group) is 1. The zero-order valence-electron chi connectivity index (χ0n) is 9.36. The number of carbonyl (C=O) groups is 2. The van der Waals surface area contributed by atoms with E-state index in [9.17, 15) is 9.59 Å². The van der Waals surface area contributed by atoms with E-state index in [0.29, 0.717) is 6.54 Å². The smallest absolute Gasteiger partial charge is 0.307 e. The second-order valence-corrected chi connectivity index (χ2v) is 3.23. The molecular weight excluding hydrogens is 210 g/mol. The van der Waals surface area contributed by atoms with Crippen molar-refractivity contribution in [1.82, 2.24) is 5.32 Å². The molecule has 0 saturated heterocycles. The molecule has 5 nitrogen and oxygen atoms in total. The Bertz CT molecular complexity index is 345. The van der Waals surface area contributed by atoms with Crippen LogP contribution in [0.25, 0.3) is 0 Å². The van der Waals surface area contributed by atoms with E-state index in [0.717, 1.165) is 0 Å². The van der Waals surface area contributed by atoms with Crippen LogP contribution in [0.15, 0.2) is 22.8 Å². The van der Waals surface area contributed by atoms with Gasteiger partial charge in [-0.2, -0.15) is 0 Å². The molecule has 0 radical (unpaired) electrons. The Kier molecular flexibility index (Phi) is 4.72. The van der Waals surface area contributed by atoms with Crippen LogP contribution in [0.4, 0.5) is 0 Å². The lowest BCUT2D eigenvalue weighted by Crippen LogP contribution is -2.38. The first kappa shape index (κ1) is 12.4. The van der Waals surface area contributed by atoms with Crippen molar-refractivity contribution in [2.45, 2.75) is 19.4 Å². The molecule has 0 aliphatic rings. The minimum Gasteiger partial charge on any atom is -0.469 e. The first-order valence-corrected chi connectivity index (χ1v) is 5.07. The van der Waals surface area contributed by atoms with E-state index in [1.54, 1.807) is 12.1 Å². The van der Waals surface area contributed by atoms with Crippen LogP contribution in [0.3, 0.4) is 0 Å². The van der Waals surface area contributed by atoms with Crippen molar-refractivity contribution in [3.63, 3.8) is 0 Å². The van der Waals surface area contributed by atoms with Crippen LogP contribution in [-0.2, 0) is 9.53 Å². The minimum absolute atomic E-state index is 0.00384. The summed E-state index contributed by atoms with van der Waals surface area (Å²) in [6.45, 7) is 2.45. The molecular formula is C11H15NO4. The number of esters is 1. The van der Waals surface area contributed by atoms with Crippen molar-refractivity contribution < 1.29 is 18.7 Å². The second-order valence-electron chi connectivity index (χ2n) is 3.23. The molecule has 88 valence electrons. The van der Waals surface area contributed by atoms with Gasteiger partial charge in [-0.05, 0) is 18.7 Å². The van der Waals surface area contributed by atoms with E-state index in [-0.39, 0.29) is 18.0 Å². The number of Topliss-reactive ketones (excluding diaryl/α,β-unsaturated/α-hetero) is 1. The SMILES string of the molecule is CCNC(CC(=O)OC)C(=O)c1ccco1. The molecule has 5 heteroatoms. The Balaban J connectivity index is 2.69. The first-order valence-electron chi connectivity index (χ1n) is 5.07. The lowest BCUT2D eigenvalue weighted by molar-refractivity contribution is -0.140. The summed E-state index contributed by atoms with van der Waals surface area (Å²) in [6, 6.07) is 2.61. The van der Waals surface area contributed by atoms with Gasteiger partial charge in [0.05, 0.1) is 25.8 Å². The molecule has 1 rings (SSSR count). The Morgan fingerprint density at radius 1 is 1.56 bits per heavy atom. The Morgan fingerprint density at radius 2 is 2.31 bits per heavy atom. The zero-order valence-corrected chi connectivity index (χ0v) is 9.36. The summed E-state index contributed by atoms with van der Waals surface area (Å²) in [5, 5.41) is 2.93. The van der Waals surface area contributed by atoms with E-state index >= 15 is 0 Å². The number of ketones is 1. The molecule has 0 spiro atoms. The molecule has 0 aromatic carbocycles. The molecule has 1 atom stereocenters. The van der Waals surface area contributed by atoms with Crippen molar-refractivity contribution in [1.29, 1.82) is 0 Å². The maximum Gasteiger partial charge on any atom is 0.307 e. The monoisotopic (exact) mass is 225 g/mol. The highest BCUT2D eigenvalue weighted by Crippen LogP contribution is 2.07. The highest BCUT2D eigenvalue weighted by atomic mass is 16.5. The van der Waals surface area contributed by atoms with Crippen LogP contribution < -0.4 is 5.32 Å². The number of nitrogens with one attached hydrogen (secondary N) is 1. The average Bonchev–Trinajstić information content (AvgIpc) is 2.80. The maximum atomic E-state index is 11.9. The summed E-state index contributed by atoms with van der Waals surface area (Å²) in [5.41, 5.74) is 0. The van der Waals surface area contributed by atoms with Gasteiger partial charge < -0.3 is 14.5 Å². The summed E-state index contributed by atoms with van der Waals surface area (Å²) in [4.78, 5) is 23.0. The lowest BCUT2D eigenvalue weighted by Gasteiger charge is -2.13. The first-order chi connectivity index (χ1) is 7.69. The van der Waals surface area contributed by atoms with Crippen molar-refractivity contribution in [3.8, 4) is 0 Å². The average molecular weight is 225 g/mol. The van der Waals surface area contributed by atoms with Gasteiger partial charge >= 0.3 is 5.97 Å². The normalized spacial score (nSPS) is 12.1. The number of hydrogen-bond acceptors (Lipinski definition) is 5. The van der Waals surface area contributed by atoms with E-state index in [4.69, 9.17) is 4.42 Å². The molecule has 1 aromatic heterocycles. The van der Waals surface area contributed by atoms with Gasteiger partial charge in [-0.25, -0.2) is 0 Å². The quantitative estimate of drug-likeness (QED) is 0.578. The van der Waals surface area contributed by atoms with E-state index in [1.807, 2.05) is 6.92 Å². The number of rotatable bonds is 6. The topological polar surface area (TPSA) is 68.5 Å². The zero-order chi connectivity index (χ0) is 12.0. The number of methoxy groups -OCH3 is 1. The van der Waals surface area contributed by atoms with Gasteiger partial charge in [0.25, 0.3) is 0 Å². The van der Waals surface area contributed by atoms with E-state index in [1.165, 1.54) is 13.4 Å². The molecule has 0 aliphatic heterocycles. The highest BCUT2D eigenvalue weighted by molar-refractivity contribution is 5.99. The molecule has 16 heavy (non-hydrogen) atoms. The summed E-state index contributed by atoms with van der Waals surface area (Å²) in [5.74, 6) is -0.419. The summed E-state index contributed by atoms with van der Waals surface area (Å²) >= 11 is 0. The van der Waals surface area contributed by atoms with Crippen molar-refractivity contribution in [2.24, 2.45) is 0 Å². The summed E-state index contributed by atoms with van der Waals surface area (Å²) in [6.07, 6.45) is 1.43. The molecule has 0 saturated carbocycles. The number of hydrogen-bond donors (Lipinski definition) is 1. The van der Waals surface area contributed by atoms with Gasteiger partial charge in [-0.15, -0.1) is 0 Å². The molecule has 1 aromatic rings. The predicted molar refractivity (Wildman–Crippen MR) is 57.1 cm³/mol. The van der Waals surface area contributed by atoms with Gasteiger partial charge in [-0.3, -0.25) is 9.59 Å². The maximum absolute atomic E-state index is 11.9. The third kappa shape index (κ3) is 3.20. The highest BCUT2D eigenvalue weighted by Gasteiger charge is 2.24. The van der Waals surface area contributed by atoms with Gasteiger partial charge in [0.15, 0.2) is 5.76 Å². The van der Waals surface area contributed by atoms with Crippen LogP contribution >= 0.6 is 0 Å². The number of carbonyl (C=O) groups excluding carboxylic acids is 2. The predicted octanol–water partition coefficient (Wildman–Crippen LogP) is 1.00. The third-order valence-corrected chi connectivity index (χ3v) is 2.13. The fourth-order valence-corrected chi connectivity index (χ4v) is 1.34. The van der Waals surface area contributed by atoms with Crippen LogP contribution in [0, 0.1) is 0 Å². The Morgan fingerprint density at radius 3 is 2.81 bits per heavy atom. The molecule has 1 N–H and O–H groups in total. The summed E-state index contributed by atoms with van der Waals surface area (Å²) in [7, 11) is 1.29. The van der Waals surface area contributed by atoms with E-state index in [2.05, 4.69) is 10.1 Å². The fourth-order valence-electron chi connectivity index (χ4n) is 1.34. The molecule has 1 heterocycles. The molecule has 1 unspecified atom stereocenters. The van der Waals surface area contributed by atoms with Gasteiger partial charge in [-0.1, -0.05) is 6.92 Å². The van der Waals surface area contributed by atoms with Crippen molar-refractivity contribution >= 4 is 11.8 Å². The van der Waals surface area contributed by atoms with Gasteiger partial charge in [0, 0.05) is 0 Å². The molecule has 0 amide bonds. The largest absolute Gasteiger partial charge is 0.469 e. The second kappa shape index (κ2) is 6.07. The molecule has 0 aliphatic carbocycles. The summed E-state index contributed by atoms with van der Waals surface area (Å²) < 4.78 is 9.53. The van der Waals surface area contributed by atoms with Crippen LogP contribution in [0.1, 0.15) is 23.9 Å². The van der Waals surface area contributed by atoms with Crippen LogP contribution in [0.5, 0.6) is 0 Å². The van der Waals surface area contributed by atoms with Crippen molar-refractivity contribution in [3.05, 3.63) is 24.2 Å². The number of furan rings is 1. The van der Waals surface area contributed by atoms with E-state index < -0.39 is 12.0 Å². The van der Waals surface area contributed by atoms with Crippen molar-refractivity contribution in [2.75, 3.05) is 13.7 Å². The van der Waals surface area contributed by atoms with Crippen LogP contribution in [-0.4, -0.2) is 31.4 Å². The third-order valence-electron chi connectivity index (χ3n) is 2.13. The Labute approximate surface area is 93.8 Å². The van der Waals surface area contributed by atoms with Gasteiger partial charge in [0.1, 0.15) is 0 Å². The number of ether oxygens (including phenoxy) is 1. The standard InChI is InChI=1S/C11H15NO4/c1-3-12-8(7-10(13)15-2)11(14)9-5-4-6-16-9/h4-6,8,12H,3,7H2,1-2H3. The minimum atomic E-state index is -0.594. The lowest BCUT2D eigenvalue weighted by atomic mass is 10.1. The molecule has 0 bridgehead atoms. The van der Waals surface area contributed by atoms with Crippen LogP contribution in [0.2, 0.25) is 0 Å². The fraction of sp³-hybridized carbons (Fsp3) is 0.455. The van der Waals surface area contributed by atoms with Gasteiger partial charge in [0.2, 0.25) is 5.78 Å². The molecule has 0 fully saturated rings.